The third-order valence-electron chi connectivity index (χ3n) is 3.90. The van der Waals surface area contributed by atoms with Gasteiger partial charge in [0.05, 0.1) is 10.4 Å². The van der Waals surface area contributed by atoms with E-state index in [1.54, 1.807) is 19.1 Å². The summed E-state index contributed by atoms with van der Waals surface area (Å²) in [6.07, 6.45) is 1.21. The Morgan fingerprint density at radius 1 is 1.47 bits per heavy atom. The molecule has 19 heavy (non-hydrogen) atoms. The van der Waals surface area contributed by atoms with Crippen LogP contribution in [0.1, 0.15) is 25.3 Å². The van der Waals surface area contributed by atoms with Gasteiger partial charge in [-0.1, -0.05) is 23.7 Å². The molecular weight excluding hydrogens is 269 g/mol. The number of hydrogen-bond acceptors (Lipinski definition) is 2. The van der Waals surface area contributed by atoms with Crippen LogP contribution in [-0.2, 0) is 11.3 Å². The number of piperidine rings is 1. The molecule has 0 atom stereocenters. The molecule has 0 amide bonds. The van der Waals surface area contributed by atoms with Crippen molar-refractivity contribution in [2.45, 2.75) is 26.3 Å². The Labute approximate surface area is 117 Å². The SMILES string of the molecule is CC1(C(=O)O)CCN(Cc2cccc(F)c2Cl)CC1. The molecule has 1 aliphatic rings. The molecule has 0 aliphatic carbocycles. The quantitative estimate of drug-likeness (QED) is 0.927. The molecule has 1 fully saturated rings. The third-order valence-corrected chi connectivity index (χ3v) is 4.32. The Bertz CT molecular complexity index is 484. The van der Waals surface area contributed by atoms with Gasteiger partial charge in [0.25, 0.3) is 0 Å². The summed E-state index contributed by atoms with van der Waals surface area (Å²) in [6, 6.07) is 4.78. The second-order valence-corrected chi connectivity index (χ2v) is 5.73. The lowest BCUT2D eigenvalue weighted by molar-refractivity contribution is -0.150. The van der Waals surface area contributed by atoms with Gasteiger partial charge in [0.1, 0.15) is 5.82 Å². The van der Waals surface area contributed by atoms with E-state index in [1.165, 1.54) is 6.07 Å². The van der Waals surface area contributed by atoms with E-state index in [1.807, 2.05) is 0 Å². The summed E-state index contributed by atoms with van der Waals surface area (Å²) >= 11 is 5.92. The standard InChI is InChI=1S/C14H17ClFNO2/c1-14(13(18)19)5-7-17(8-6-14)9-10-3-2-4-11(16)12(10)15/h2-4H,5-9H2,1H3,(H,18,19). The molecule has 104 valence electrons. The summed E-state index contributed by atoms with van der Waals surface area (Å²) in [4.78, 5) is 13.3. The first-order valence-electron chi connectivity index (χ1n) is 6.31. The Morgan fingerprint density at radius 2 is 2.11 bits per heavy atom. The van der Waals surface area contributed by atoms with Gasteiger partial charge in [-0.15, -0.1) is 0 Å². The number of carboxylic acids is 1. The first-order valence-corrected chi connectivity index (χ1v) is 6.69. The van der Waals surface area contributed by atoms with Crippen LogP contribution in [0.15, 0.2) is 18.2 Å². The molecule has 5 heteroatoms. The van der Waals surface area contributed by atoms with Crippen molar-refractivity contribution < 1.29 is 14.3 Å². The van der Waals surface area contributed by atoms with Gasteiger partial charge in [0.2, 0.25) is 0 Å². The summed E-state index contributed by atoms with van der Waals surface area (Å²) < 4.78 is 13.3. The van der Waals surface area contributed by atoms with Crippen molar-refractivity contribution in [2.75, 3.05) is 13.1 Å². The molecule has 2 rings (SSSR count). The van der Waals surface area contributed by atoms with Crippen LogP contribution in [0.3, 0.4) is 0 Å². The molecule has 3 nitrogen and oxygen atoms in total. The molecule has 1 saturated heterocycles. The Hall–Kier alpha value is -1.13. The minimum atomic E-state index is -0.740. The maximum Gasteiger partial charge on any atom is 0.309 e. The van der Waals surface area contributed by atoms with E-state index in [9.17, 15) is 9.18 Å². The van der Waals surface area contributed by atoms with Crippen LogP contribution < -0.4 is 0 Å². The fourth-order valence-corrected chi connectivity index (χ4v) is 2.52. The molecule has 1 aromatic rings. The number of benzene rings is 1. The molecule has 0 aromatic heterocycles. The van der Waals surface area contributed by atoms with E-state index >= 15 is 0 Å². The molecule has 1 heterocycles. The smallest absolute Gasteiger partial charge is 0.309 e. The molecule has 0 saturated carbocycles. The van der Waals surface area contributed by atoms with Crippen LogP contribution in [0, 0.1) is 11.2 Å². The molecular formula is C14H17ClFNO2. The highest BCUT2D eigenvalue weighted by atomic mass is 35.5. The number of aliphatic carboxylic acids is 1. The van der Waals surface area contributed by atoms with E-state index < -0.39 is 17.2 Å². The van der Waals surface area contributed by atoms with Gasteiger partial charge in [-0.3, -0.25) is 9.69 Å². The van der Waals surface area contributed by atoms with Crippen molar-refractivity contribution in [3.05, 3.63) is 34.6 Å². The second kappa shape index (κ2) is 5.47. The Kier molecular flexibility index (Phi) is 4.11. The van der Waals surface area contributed by atoms with Gasteiger partial charge >= 0.3 is 5.97 Å². The van der Waals surface area contributed by atoms with E-state index in [-0.39, 0.29) is 5.02 Å². The molecule has 0 unspecified atom stereocenters. The molecule has 1 N–H and O–H groups in total. The van der Waals surface area contributed by atoms with E-state index in [0.717, 1.165) is 5.56 Å². The number of halogens is 2. The van der Waals surface area contributed by atoms with Gasteiger partial charge in [-0.25, -0.2) is 4.39 Å². The summed E-state index contributed by atoms with van der Waals surface area (Å²) in [5.74, 6) is -1.15. The van der Waals surface area contributed by atoms with Crippen LogP contribution in [0.5, 0.6) is 0 Å². The van der Waals surface area contributed by atoms with Crippen LogP contribution in [0.4, 0.5) is 4.39 Å². The van der Waals surface area contributed by atoms with Crippen LogP contribution in [-0.4, -0.2) is 29.1 Å². The fourth-order valence-electron chi connectivity index (χ4n) is 2.33. The van der Waals surface area contributed by atoms with Gasteiger partial charge in [0.15, 0.2) is 0 Å². The lowest BCUT2D eigenvalue weighted by atomic mass is 9.80. The van der Waals surface area contributed by atoms with Gasteiger partial charge in [-0.2, -0.15) is 0 Å². The lowest BCUT2D eigenvalue weighted by Gasteiger charge is -2.36. The van der Waals surface area contributed by atoms with Gasteiger partial charge in [-0.05, 0) is 44.5 Å². The average Bonchev–Trinajstić information content (AvgIpc) is 2.37. The Balaban J connectivity index is 2.00. The number of rotatable bonds is 3. The highest BCUT2D eigenvalue weighted by Gasteiger charge is 2.36. The lowest BCUT2D eigenvalue weighted by Crippen LogP contribution is -2.42. The summed E-state index contributed by atoms with van der Waals surface area (Å²) in [6.45, 7) is 3.72. The summed E-state index contributed by atoms with van der Waals surface area (Å²) in [7, 11) is 0. The first kappa shape index (κ1) is 14.3. The fraction of sp³-hybridized carbons (Fsp3) is 0.500. The van der Waals surface area contributed by atoms with Crippen LogP contribution in [0.2, 0.25) is 5.02 Å². The van der Waals surface area contributed by atoms with Crippen molar-refractivity contribution in [3.8, 4) is 0 Å². The normalized spacial score (nSPS) is 19.3. The van der Waals surface area contributed by atoms with Crippen molar-refractivity contribution in [2.24, 2.45) is 5.41 Å². The first-order chi connectivity index (χ1) is 8.92. The highest BCUT2D eigenvalue weighted by molar-refractivity contribution is 6.31. The molecule has 1 aromatic carbocycles. The van der Waals surface area contributed by atoms with Gasteiger partial charge < -0.3 is 5.11 Å². The van der Waals surface area contributed by atoms with Crippen molar-refractivity contribution in [1.82, 2.24) is 4.90 Å². The summed E-state index contributed by atoms with van der Waals surface area (Å²) in [5.41, 5.74) is 0.114. The van der Waals surface area contributed by atoms with Crippen LogP contribution >= 0.6 is 11.6 Å². The predicted octanol–water partition coefficient (Wildman–Crippen LogP) is 3.17. The van der Waals surface area contributed by atoms with Crippen LogP contribution in [0.25, 0.3) is 0 Å². The molecule has 0 radical (unpaired) electrons. The van der Waals surface area contributed by atoms with E-state index in [2.05, 4.69) is 4.90 Å². The predicted molar refractivity (Wildman–Crippen MR) is 71.7 cm³/mol. The Morgan fingerprint density at radius 3 is 2.68 bits per heavy atom. The minimum Gasteiger partial charge on any atom is -0.481 e. The largest absolute Gasteiger partial charge is 0.481 e. The average molecular weight is 286 g/mol. The zero-order chi connectivity index (χ0) is 14.0. The van der Waals surface area contributed by atoms with Crippen molar-refractivity contribution in [1.29, 1.82) is 0 Å². The van der Waals surface area contributed by atoms with E-state index in [4.69, 9.17) is 16.7 Å². The number of hydrogen-bond donors (Lipinski definition) is 1. The minimum absolute atomic E-state index is 0.161. The molecule has 0 bridgehead atoms. The second-order valence-electron chi connectivity index (χ2n) is 5.35. The van der Waals surface area contributed by atoms with Crippen molar-refractivity contribution in [3.63, 3.8) is 0 Å². The maximum atomic E-state index is 13.3. The maximum absolute atomic E-state index is 13.3. The summed E-state index contributed by atoms with van der Waals surface area (Å²) in [5, 5.41) is 9.33. The van der Waals surface area contributed by atoms with Crippen molar-refractivity contribution >= 4 is 17.6 Å². The number of carboxylic acid groups (broad SMARTS) is 1. The number of likely N-dealkylation sites (tertiary alicyclic amines) is 1. The molecule has 1 aliphatic heterocycles. The number of carbonyl (C=O) groups is 1. The highest BCUT2D eigenvalue weighted by Crippen LogP contribution is 2.32. The third kappa shape index (κ3) is 3.07. The topological polar surface area (TPSA) is 40.5 Å². The molecule has 0 spiro atoms. The number of nitrogens with zero attached hydrogens (tertiary/aromatic N) is 1. The monoisotopic (exact) mass is 285 g/mol. The van der Waals surface area contributed by atoms with E-state index in [0.29, 0.717) is 32.5 Å². The zero-order valence-corrected chi connectivity index (χ0v) is 11.6. The zero-order valence-electron chi connectivity index (χ0n) is 10.8. The van der Waals surface area contributed by atoms with Gasteiger partial charge in [0, 0.05) is 6.54 Å².